The van der Waals surface area contributed by atoms with E-state index in [-0.39, 0.29) is 11.8 Å². The third-order valence-electron chi connectivity index (χ3n) is 2.67. The summed E-state index contributed by atoms with van der Waals surface area (Å²) < 4.78 is 1.73. The highest BCUT2D eigenvalue weighted by Crippen LogP contribution is 2.18. The summed E-state index contributed by atoms with van der Waals surface area (Å²) in [4.78, 5) is 15.3. The molecule has 5 heteroatoms. The third kappa shape index (κ3) is 2.33. The van der Waals surface area contributed by atoms with Crippen LogP contribution in [0.25, 0.3) is 11.3 Å². The molecule has 1 unspecified atom stereocenters. The fraction of sp³-hybridized carbons (Fsp3) is 0.250. The molecule has 0 fully saturated rings. The Bertz CT molecular complexity index is 530. The lowest BCUT2D eigenvalue weighted by Crippen LogP contribution is -2.19. The number of carbonyl (C=O) groups excluding carboxylic acids is 1. The van der Waals surface area contributed by atoms with Gasteiger partial charge in [0.25, 0.3) is 0 Å². The number of amides is 1. The fourth-order valence-corrected chi connectivity index (χ4v) is 1.53. The number of rotatable bonds is 3. The second-order valence-electron chi connectivity index (χ2n) is 3.97. The van der Waals surface area contributed by atoms with Crippen molar-refractivity contribution in [1.82, 2.24) is 14.8 Å². The number of aromatic nitrogens is 3. The number of primary amides is 1. The first-order valence-corrected chi connectivity index (χ1v) is 5.33. The van der Waals surface area contributed by atoms with E-state index in [0.717, 1.165) is 11.3 Å². The lowest BCUT2D eigenvalue weighted by atomic mass is 10.1. The van der Waals surface area contributed by atoms with Crippen LogP contribution in [0.15, 0.2) is 30.6 Å². The van der Waals surface area contributed by atoms with E-state index in [0.29, 0.717) is 5.69 Å². The predicted octanol–water partition coefficient (Wildman–Crippen LogP) is 1.07. The highest BCUT2D eigenvalue weighted by molar-refractivity contribution is 5.81. The molecule has 0 radical (unpaired) electrons. The van der Waals surface area contributed by atoms with Crippen molar-refractivity contribution < 1.29 is 4.79 Å². The van der Waals surface area contributed by atoms with Crippen LogP contribution in [-0.2, 0) is 11.8 Å². The van der Waals surface area contributed by atoms with Crippen LogP contribution in [0.4, 0.5) is 0 Å². The van der Waals surface area contributed by atoms with Crippen LogP contribution in [0.5, 0.6) is 0 Å². The van der Waals surface area contributed by atoms with Gasteiger partial charge in [-0.2, -0.15) is 5.10 Å². The molecule has 2 aromatic heterocycles. The molecule has 0 aromatic carbocycles. The molecule has 0 spiro atoms. The summed E-state index contributed by atoms with van der Waals surface area (Å²) in [5, 5.41) is 4.28. The molecule has 88 valence electrons. The maximum atomic E-state index is 11.0. The van der Waals surface area contributed by atoms with Crippen molar-refractivity contribution in [3.8, 4) is 11.3 Å². The van der Waals surface area contributed by atoms with Gasteiger partial charge < -0.3 is 5.73 Å². The molecule has 0 aliphatic carbocycles. The van der Waals surface area contributed by atoms with Gasteiger partial charge >= 0.3 is 0 Å². The molecule has 0 aliphatic heterocycles. The molecular formula is C12H14N4O. The Labute approximate surface area is 99.3 Å². The van der Waals surface area contributed by atoms with Crippen LogP contribution >= 0.6 is 0 Å². The van der Waals surface area contributed by atoms with Gasteiger partial charge in [-0.1, -0.05) is 0 Å². The first-order valence-electron chi connectivity index (χ1n) is 5.33. The number of hydrogen-bond acceptors (Lipinski definition) is 3. The molecule has 1 amide bonds. The van der Waals surface area contributed by atoms with Crippen LogP contribution in [0.2, 0.25) is 0 Å². The fourth-order valence-electron chi connectivity index (χ4n) is 1.53. The highest BCUT2D eigenvalue weighted by atomic mass is 16.1. The van der Waals surface area contributed by atoms with Crippen molar-refractivity contribution in [3.63, 3.8) is 0 Å². The van der Waals surface area contributed by atoms with Crippen molar-refractivity contribution in [2.24, 2.45) is 12.8 Å². The molecule has 1 atom stereocenters. The van der Waals surface area contributed by atoms with Crippen molar-refractivity contribution in [2.45, 2.75) is 12.8 Å². The van der Waals surface area contributed by atoms with Crippen LogP contribution < -0.4 is 5.73 Å². The Kier molecular flexibility index (Phi) is 2.91. The molecule has 0 saturated carbocycles. The second-order valence-corrected chi connectivity index (χ2v) is 3.97. The summed E-state index contributed by atoms with van der Waals surface area (Å²) in [6, 6.07) is 5.61. The topological polar surface area (TPSA) is 73.8 Å². The van der Waals surface area contributed by atoms with E-state index in [1.807, 2.05) is 25.4 Å². The molecule has 2 N–H and O–H groups in total. The van der Waals surface area contributed by atoms with Gasteiger partial charge in [0.2, 0.25) is 5.91 Å². The Hall–Kier alpha value is -2.17. The Balaban J connectivity index is 2.27. The van der Waals surface area contributed by atoms with Crippen molar-refractivity contribution in [3.05, 3.63) is 36.3 Å². The Morgan fingerprint density at radius 2 is 2.18 bits per heavy atom. The van der Waals surface area contributed by atoms with Gasteiger partial charge in [-0.15, -0.1) is 0 Å². The van der Waals surface area contributed by atoms with E-state index < -0.39 is 0 Å². The van der Waals surface area contributed by atoms with Crippen molar-refractivity contribution in [2.75, 3.05) is 0 Å². The predicted molar refractivity (Wildman–Crippen MR) is 64.0 cm³/mol. The summed E-state index contributed by atoms with van der Waals surface area (Å²) >= 11 is 0. The smallest absolute Gasteiger partial charge is 0.226 e. The van der Waals surface area contributed by atoms with Gasteiger partial charge in [0.05, 0.1) is 17.3 Å². The van der Waals surface area contributed by atoms with E-state index in [9.17, 15) is 4.79 Å². The maximum absolute atomic E-state index is 11.0. The largest absolute Gasteiger partial charge is 0.369 e. The SMILES string of the molecule is CC(C(N)=O)c1ccc(-c2ccn(C)n2)cn1. The summed E-state index contributed by atoms with van der Waals surface area (Å²) in [6.45, 7) is 1.74. The molecule has 0 aliphatic rings. The zero-order valence-electron chi connectivity index (χ0n) is 9.79. The zero-order valence-corrected chi connectivity index (χ0v) is 9.79. The molecule has 2 aromatic rings. The van der Waals surface area contributed by atoms with Crippen LogP contribution in [0, 0.1) is 0 Å². The number of nitrogens with zero attached hydrogens (tertiary/aromatic N) is 3. The number of carbonyl (C=O) groups is 1. The summed E-state index contributed by atoms with van der Waals surface area (Å²) in [7, 11) is 1.86. The Morgan fingerprint density at radius 1 is 1.41 bits per heavy atom. The zero-order chi connectivity index (χ0) is 12.4. The monoisotopic (exact) mass is 230 g/mol. The number of aryl methyl sites for hydroxylation is 1. The number of pyridine rings is 1. The minimum Gasteiger partial charge on any atom is -0.369 e. The summed E-state index contributed by atoms with van der Waals surface area (Å²) in [5.74, 6) is -0.740. The van der Waals surface area contributed by atoms with E-state index in [1.54, 1.807) is 23.9 Å². The Morgan fingerprint density at radius 3 is 2.65 bits per heavy atom. The lowest BCUT2D eigenvalue weighted by molar-refractivity contribution is -0.119. The highest BCUT2D eigenvalue weighted by Gasteiger charge is 2.13. The molecule has 17 heavy (non-hydrogen) atoms. The van der Waals surface area contributed by atoms with Crippen molar-refractivity contribution >= 4 is 5.91 Å². The van der Waals surface area contributed by atoms with E-state index in [2.05, 4.69) is 10.1 Å². The quantitative estimate of drug-likeness (QED) is 0.857. The van der Waals surface area contributed by atoms with Gasteiger partial charge in [-0.05, 0) is 25.1 Å². The minimum atomic E-state index is -0.372. The molecule has 2 rings (SSSR count). The first kappa shape index (κ1) is 11.3. The van der Waals surface area contributed by atoms with Crippen molar-refractivity contribution in [1.29, 1.82) is 0 Å². The number of hydrogen-bond donors (Lipinski definition) is 1. The first-order chi connectivity index (χ1) is 8.08. The standard InChI is InChI=1S/C12H14N4O/c1-8(12(13)17)10-4-3-9(7-14-10)11-5-6-16(2)15-11/h3-8H,1-2H3,(H2,13,17). The van der Waals surface area contributed by atoms with E-state index >= 15 is 0 Å². The molecular weight excluding hydrogens is 216 g/mol. The normalized spacial score (nSPS) is 12.4. The van der Waals surface area contributed by atoms with Gasteiger partial charge in [0.15, 0.2) is 0 Å². The maximum Gasteiger partial charge on any atom is 0.226 e. The third-order valence-corrected chi connectivity index (χ3v) is 2.67. The molecule has 0 saturated heterocycles. The second kappa shape index (κ2) is 4.37. The van der Waals surface area contributed by atoms with Crippen LogP contribution in [0.1, 0.15) is 18.5 Å². The van der Waals surface area contributed by atoms with Crippen LogP contribution in [0.3, 0.4) is 0 Å². The lowest BCUT2D eigenvalue weighted by Gasteiger charge is -2.06. The average molecular weight is 230 g/mol. The van der Waals surface area contributed by atoms with E-state index in [1.165, 1.54) is 0 Å². The molecule has 2 heterocycles. The van der Waals surface area contributed by atoms with Gasteiger partial charge in [0, 0.05) is 25.0 Å². The van der Waals surface area contributed by atoms with Gasteiger partial charge in [-0.25, -0.2) is 0 Å². The summed E-state index contributed by atoms with van der Waals surface area (Å²) in [6.07, 6.45) is 3.58. The van der Waals surface area contributed by atoms with Gasteiger partial charge in [0.1, 0.15) is 0 Å². The molecule has 0 bridgehead atoms. The molecule has 5 nitrogen and oxygen atoms in total. The number of nitrogens with two attached hydrogens (primary N) is 1. The average Bonchev–Trinajstić information content (AvgIpc) is 2.75. The van der Waals surface area contributed by atoms with Crippen LogP contribution in [-0.4, -0.2) is 20.7 Å². The van der Waals surface area contributed by atoms with E-state index in [4.69, 9.17) is 5.73 Å². The summed E-state index contributed by atoms with van der Waals surface area (Å²) in [5.41, 5.74) is 7.69. The minimum absolute atomic E-state index is 0.368. The van der Waals surface area contributed by atoms with Gasteiger partial charge in [-0.3, -0.25) is 14.5 Å².